The van der Waals surface area contributed by atoms with Gasteiger partial charge in [0.25, 0.3) is 0 Å². The molecule has 2 aromatic rings. The molecule has 0 aliphatic rings. The van der Waals surface area contributed by atoms with E-state index in [2.05, 4.69) is 13.8 Å². The standard InChI is InChI=1S/C23H28O4/c1-18(2)14-15-23(3,16-26-21(24)19-10-6-4-7-11-19)17-27-22(25)20-12-8-5-9-13-20/h4-13,18H,14-17H2,1-3H3. The molecule has 0 radical (unpaired) electrons. The highest BCUT2D eigenvalue weighted by atomic mass is 16.5. The van der Waals surface area contributed by atoms with Crippen LogP contribution in [-0.4, -0.2) is 25.2 Å². The first-order valence-electron chi connectivity index (χ1n) is 9.34. The summed E-state index contributed by atoms with van der Waals surface area (Å²) in [6, 6.07) is 17.8. The normalized spacial score (nSPS) is 11.3. The van der Waals surface area contributed by atoms with Gasteiger partial charge in [-0.2, -0.15) is 0 Å². The van der Waals surface area contributed by atoms with Crippen molar-refractivity contribution in [2.75, 3.05) is 13.2 Å². The van der Waals surface area contributed by atoms with Gasteiger partial charge in [0.1, 0.15) is 13.2 Å². The van der Waals surface area contributed by atoms with Gasteiger partial charge in [-0.25, -0.2) is 9.59 Å². The molecular formula is C23H28O4. The van der Waals surface area contributed by atoms with E-state index < -0.39 is 5.41 Å². The summed E-state index contributed by atoms with van der Waals surface area (Å²) in [5, 5.41) is 0. The van der Waals surface area contributed by atoms with E-state index in [4.69, 9.17) is 9.47 Å². The van der Waals surface area contributed by atoms with E-state index in [1.54, 1.807) is 48.5 Å². The Morgan fingerprint density at radius 3 is 1.59 bits per heavy atom. The second-order valence-corrected chi connectivity index (χ2v) is 7.63. The van der Waals surface area contributed by atoms with Gasteiger partial charge in [0.05, 0.1) is 11.1 Å². The lowest BCUT2D eigenvalue weighted by atomic mass is 9.85. The fraction of sp³-hybridized carbons (Fsp3) is 0.391. The third kappa shape index (κ3) is 6.89. The van der Waals surface area contributed by atoms with Crippen molar-refractivity contribution in [2.24, 2.45) is 11.3 Å². The molecular weight excluding hydrogens is 340 g/mol. The van der Waals surface area contributed by atoms with Crippen molar-refractivity contribution in [3.05, 3.63) is 71.8 Å². The van der Waals surface area contributed by atoms with Gasteiger partial charge in [-0.05, 0) is 36.6 Å². The van der Waals surface area contributed by atoms with Crippen molar-refractivity contribution in [1.29, 1.82) is 0 Å². The molecule has 4 nitrogen and oxygen atoms in total. The maximum Gasteiger partial charge on any atom is 0.338 e. The third-order valence-corrected chi connectivity index (χ3v) is 4.45. The molecule has 0 aromatic heterocycles. The van der Waals surface area contributed by atoms with Crippen molar-refractivity contribution < 1.29 is 19.1 Å². The van der Waals surface area contributed by atoms with Gasteiger partial charge in [0.2, 0.25) is 0 Å². The van der Waals surface area contributed by atoms with E-state index in [9.17, 15) is 9.59 Å². The zero-order valence-electron chi connectivity index (χ0n) is 16.3. The Bertz CT molecular complexity index is 667. The first-order valence-corrected chi connectivity index (χ1v) is 9.34. The molecule has 144 valence electrons. The van der Waals surface area contributed by atoms with Crippen molar-refractivity contribution >= 4 is 11.9 Å². The molecule has 0 heterocycles. The molecule has 0 fully saturated rings. The van der Waals surface area contributed by atoms with Gasteiger partial charge >= 0.3 is 11.9 Å². The second-order valence-electron chi connectivity index (χ2n) is 7.63. The fourth-order valence-corrected chi connectivity index (χ4v) is 2.62. The van der Waals surface area contributed by atoms with E-state index in [1.807, 2.05) is 19.1 Å². The number of esters is 2. The molecule has 0 bridgehead atoms. The van der Waals surface area contributed by atoms with Gasteiger partial charge in [0, 0.05) is 5.41 Å². The Hall–Kier alpha value is -2.62. The zero-order chi connectivity index (χ0) is 19.7. The van der Waals surface area contributed by atoms with Crippen LogP contribution in [0.15, 0.2) is 60.7 Å². The van der Waals surface area contributed by atoms with Crippen LogP contribution >= 0.6 is 0 Å². The summed E-state index contributed by atoms with van der Waals surface area (Å²) in [4.78, 5) is 24.5. The number of rotatable bonds is 9. The lowest BCUT2D eigenvalue weighted by Gasteiger charge is -2.29. The molecule has 0 unspecified atom stereocenters. The van der Waals surface area contributed by atoms with Crippen molar-refractivity contribution in [1.82, 2.24) is 0 Å². The van der Waals surface area contributed by atoms with Gasteiger partial charge in [-0.1, -0.05) is 63.6 Å². The predicted octanol–water partition coefficient (Wildman–Crippen LogP) is 5.14. The minimum Gasteiger partial charge on any atom is -0.461 e. The molecule has 0 N–H and O–H groups in total. The number of carbonyl (C=O) groups is 2. The number of carbonyl (C=O) groups excluding carboxylic acids is 2. The molecule has 27 heavy (non-hydrogen) atoms. The molecule has 0 saturated heterocycles. The van der Waals surface area contributed by atoms with Gasteiger partial charge in [-0.15, -0.1) is 0 Å². The first-order chi connectivity index (χ1) is 12.9. The second kappa shape index (κ2) is 9.91. The van der Waals surface area contributed by atoms with Crippen LogP contribution in [0.25, 0.3) is 0 Å². The van der Waals surface area contributed by atoms with Crippen molar-refractivity contribution in [3.8, 4) is 0 Å². The topological polar surface area (TPSA) is 52.6 Å². The predicted molar refractivity (Wildman–Crippen MR) is 106 cm³/mol. The van der Waals surface area contributed by atoms with E-state index in [1.165, 1.54) is 0 Å². The Morgan fingerprint density at radius 2 is 1.22 bits per heavy atom. The summed E-state index contributed by atoms with van der Waals surface area (Å²) >= 11 is 0. The van der Waals surface area contributed by atoms with E-state index in [-0.39, 0.29) is 25.2 Å². The molecule has 0 amide bonds. The minimum atomic E-state index is -0.431. The summed E-state index contributed by atoms with van der Waals surface area (Å²) in [6.07, 6.45) is 1.76. The van der Waals surface area contributed by atoms with E-state index >= 15 is 0 Å². The summed E-state index contributed by atoms with van der Waals surface area (Å²) in [5.41, 5.74) is 0.606. The molecule has 0 aliphatic carbocycles. The smallest absolute Gasteiger partial charge is 0.338 e. The van der Waals surface area contributed by atoms with Crippen molar-refractivity contribution in [3.63, 3.8) is 0 Å². The summed E-state index contributed by atoms with van der Waals surface area (Å²) in [6.45, 7) is 6.69. The number of ether oxygens (including phenoxy) is 2. The lowest BCUT2D eigenvalue weighted by molar-refractivity contribution is -0.00373. The molecule has 4 heteroatoms. The molecule has 2 aromatic carbocycles. The van der Waals surface area contributed by atoms with Gasteiger partial charge in [0.15, 0.2) is 0 Å². The largest absolute Gasteiger partial charge is 0.461 e. The Balaban J connectivity index is 1.98. The van der Waals surface area contributed by atoms with Crippen LogP contribution in [0.2, 0.25) is 0 Å². The SMILES string of the molecule is CC(C)CCC(C)(COC(=O)c1ccccc1)COC(=O)c1ccccc1. The Kier molecular flexibility index (Phi) is 7.59. The van der Waals surface area contributed by atoms with Gasteiger partial charge in [-0.3, -0.25) is 0 Å². The number of hydrogen-bond donors (Lipinski definition) is 0. The van der Waals surface area contributed by atoms with E-state index in [0.29, 0.717) is 17.0 Å². The average molecular weight is 368 g/mol. The molecule has 2 rings (SSSR count). The summed E-state index contributed by atoms with van der Waals surface area (Å²) < 4.78 is 11.1. The maximum atomic E-state index is 12.3. The summed E-state index contributed by atoms with van der Waals surface area (Å²) in [7, 11) is 0. The Morgan fingerprint density at radius 1 is 0.815 bits per heavy atom. The highest BCUT2D eigenvalue weighted by molar-refractivity contribution is 5.89. The number of benzene rings is 2. The third-order valence-electron chi connectivity index (χ3n) is 4.45. The van der Waals surface area contributed by atoms with Crippen LogP contribution in [-0.2, 0) is 9.47 Å². The summed E-state index contributed by atoms with van der Waals surface area (Å²) in [5.74, 6) is -0.208. The van der Waals surface area contributed by atoms with E-state index in [0.717, 1.165) is 12.8 Å². The minimum absolute atomic E-state index is 0.204. The molecule has 0 atom stereocenters. The fourth-order valence-electron chi connectivity index (χ4n) is 2.62. The number of hydrogen-bond acceptors (Lipinski definition) is 4. The van der Waals surface area contributed by atoms with Crippen LogP contribution in [0.1, 0.15) is 54.3 Å². The zero-order valence-corrected chi connectivity index (χ0v) is 16.3. The van der Waals surface area contributed by atoms with Crippen LogP contribution in [0.5, 0.6) is 0 Å². The Labute approximate surface area is 161 Å². The lowest BCUT2D eigenvalue weighted by Crippen LogP contribution is -2.32. The highest BCUT2D eigenvalue weighted by Gasteiger charge is 2.29. The quantitative estimate of drug-likeness (QED) is 0.575. The highest BCUT2D eigenvalue weighted by Crippen LogP contribution is 2.27. The van der Waals surface area contributed by atoms with Crippen LogP contribution in [0.4, 0.5) is 0 Å². The van der Waals surface area contributed by atoms with Crippen LogP contribution in [0, 0.1) is 11.3 Å². The van der Waals surface area contributed by atoms with Crippen molar-refractivity contribution in [2.45, 2.75) is 33.6 Å². The maximum absolute atomic E-state index is 12.3. The molecule has 0 spiro atoms. The van der Waals surface area contributed by atoms with Crippen LogP contribution < -0.4 is 0 Å². The monoisotopic (exact) mass is 368 g/mol. The average Bonchev–Trinajstić information content (AvgIpc) is 2.70. The van der Waals surface area contributed by atoms with Gasteiger partial charge < -0.3 is 9.47 Å². The molecule has 0 saturated carbocycles. The van der Waals surface area contributed by atoms with Crippen LogP contribution in [0.3, 0.4) is 0 Å². The molecule has 0 aliphatic heterocycles. The first kappa shape index (κ1) is 20.7.